The van der Waals surface area contributed by atoms with E-state index >= 15 is 0 Å². The summed E-state index contributed by atoms with van der Waals surface area (Å²) in [6.07, 6.45) is 7.09. The summed E-state index contributed by atoms with van der Waals surface area (Å²) in [6, 6.07) is 8.56. The predicted octanol–water partition coefficient (Wildman–Crippen LogP) is 4.21. The molecule has 2 aliphatic heterocycles. The van der Waals surface area contributed by atoms with Crippen molar-refractivity contribution in [2.75, 3.05) is 19.8 Å². The maximum atomic E-state index is 14.9. The van der Waals surface area contributed by atoms with Crippen molar-refractivity contribution >= 4 is 5.91 Å². The zero-order valence-corrected chi connectivity index (χ0v) is 18.5. The van der Waals surface area contributed by atoms with Gasteiger partial charge < -0.3 is 14.4 Å². The number of rotatable bonds is 2. The van der Waals surface area contributed by atoms with E-state index in [0.717, 1.165) is 42.7 Å². The number of amides is 1. The van der Waals surface area contributed by atoms with Crippen LogP contribution in [0.15, 0.2) is 43.0 Å². The van der Waals surface area contributed by atoms with Crippen molar-refractivity contribution in [3.63, 3.8) is 0 Å². The molecule has 0 unspecified atom stereocenters. The zero-order chi connectivity index (χ0) is 22.6. The van der Waals surface area contributed by atoms with E-state index in [0.29, 0.717) is 25.3 Å². The second-order valence-electron chi connectivity index (χ2n) is 9.19. The number of carbonyl (C=O) groups excluding carboxylic acids is 1. The quantitative estimate of drug-likeness (QED) is 0.588. The van der Waals surface area contributed by atoms with Crippen LogP contribution in [0.1, 0.15) is 60.1 Å². The third-order valence-electron chi connectivity index (χ3n) is 7.36. The van der Waals surface area contributed by atoms with Crippen LogP contribution < -0.4 is 9.47 Å². The largest absolute Gasteiger partial charge is 0.486 e. The van der Waals surface area contributed by atoms with E-state index in [4.69, 9.17) is 9.47 Å². The average Bonchev–Trinajstić information content (AvgIpc) is 3.53. The van der Waals surface area contributed by atoms with Crippen LogP contribution in [0.2, 0.25) is 0 Å². The van der Waals surface area contributed by atoms with Crippen molar-refractivity contribution < 1.29 is 18.7 Å². The molecule has 1 atom stereocenters. The topological polar surface area (TPSA) is 69.5 Å². The number of hydrogen-bond donors (Lipinski definition) is 0. The highest BCUT2D eigenvalue weighted by Crippen LogP contribution is 2.52. The Labute approximate surface area is 191 Å². The molecule has 1 amide bonds. The van der Waals surface area contributed by atoms with Gasteiger partial charge in [0, 0.05) is 17.5 Å². The van der Waals surface area contributed by atoms with Crippen molar-refractivity contribution in [1.82, 2.24) is 19.7 Å². The lowest BCUT2D eigenvalue weighted by atomic mass is 9.71. The third kappa shape index (κ3) is 3.19. The number of aromatic nitrogens is 3. The Bertz CT molecular complexity index is 1220. The van der Waals surface area contributed by atoms with Crippen molar-refractivity contribution in [3.8, 4) is 17.2 Å². The highest BCUT2D eigenvalue weighted by atomic mass is 19.1. The molecule has 7 nitrogen and oxygen atoms in total. The van der Waals surface area contributed by atoms with Crippen molar-refractivity contribution in [1.29, 1.82) is 0 Å². The Kier molecular flexibility index (Phi) is 4.64. The lowest BCUT2D eigenvalue weighted by molar-refractivity contribution is 0.0592. The molecule has 1 fully saturated rings. The maximum absolute atomic E-state index is 14.9. The Balaban J connectivity index is 1.39. The van der Waals surface area contributed by atoms with E-state index < -0.39 is 5.82 Å². The first kappa shape index (κ1) is 20.2. The van der Waals surface area contributed by atoms with Gasteiger partial charge in [0.25, 0.3) is 5.91 Å². The molecule has 33 heavy (non-hydrogen) atoms. The molecule has 6 rings (SSSR count). The first-order chi connectivity index (χ1) is 16.1. The number of benzene rings is 2. The predicted molar refractivity (Wildman–Crippen MR) is 118 cm³/mol. The lowest BCUT2D eigenvalue weighted by Crippen LogP contribution is -2.48. The summed E-state index contributed by atoms with van der Waals surface area (Å²) >= 11 is 0. The summed E-state index contributed by atoms with van der Waals surface area (Å²) in [5, 5.41) is 3.98. The number of nitrogens with zero attached hydrogens (tertiary/aromatic N) is 4. The first-order valence-corrected chi connectivity index (χ1v) is 11.5. The van der Waals surface area contributed by atoms with Crippen LogP contribution in [-0.4, -0.2) is 45.3 Å². The molecular formula is C25H25FN4O3. The van der Waals surface area contributed by atoms with E-state index in [1.165, 1.54) is 29.0 Å². The SMILES string of the molecule is C[C@H]1c2cc3c(cc2C2(CCCC2)CN1C(=O)c1ccc(-n2cncn2)c(F)c1)OCCO3. The number of hydrogen-bond acceptors (Lipinski definition) is 5. The van der Waals surface area contributed by atoms with Gasteiger partial charge in [0.05, 0.1) is 6.04 Å². The van der Waals surface area contributed by atoms with Gasteiger partial charge in [-0.1, -0.05) is 12.8 Å². The molecule has 0 saturated heterocycles. The number of carbonyl (C=O) groups is 1. The fraction of sp³-hybridized carbons (Fsp3) is 0.400. The molecule has 3 heterocycles. The highest BCUT2D eigenvalue weighted by molar-refractivity contribution is 5.95. The number of fused-ring (bicyclic) bond motifs is 3. The first-order valence-electron chi connectivity index (χ1n) is 11.5. The van der Waals surface area contributed by atoms with Gasteiger partial charge in [-0.2, -0.15) is 5.10 Å². The minimum Gasteiger partial charge on any atom is -0.486 e. The molecular weight excluding hydrogens is 423 g/mol. The fourth-order valence-corrected chi connectivity index (χ4v) is 5.68. The molecule has 8 heteroatoms. The van der Waals surface area contributed by atoms with Crippen LogP contribution in [0, 0.1) is 5.82 Å². The maximum Gasteiger partial charge on any atom is 0.254 e. The van der Waals surface area contributed by atoms with E-state index in [1.807, 2.05) is 17.9 Å². The second kappa shape index (κ2) is 7.57. The third-order valence-corrected chi connectivity index (χ3v) is 7.36. The highest BCUT2D eigenvalue weighted by Gasteiger charge is 2.46. The van der Waals surface area contributed by atoms with E-state index in [1.54, 1.807) is 12.1 Å². The van der Waals surface area contributed by atoms with Crippen LogP contribution in [0.25, 0.3) is 5.69 Å². The Morgan fingerprint density at radius 2 is 1.88 bits per heavy atom. The van der Waals surface area contributed by atoms with Crippen molar-refractivity contribution in [2.45, 2.75) is 44.1 Å². The lowest BCUT2D eigenvalue weighted by Gasteiger charge is -2.46. The average molecular weight is 448 g/mol. The van der Waals surface area contributed by atoms with Crippen LogP contribution >= 0.6 is 0 Å². The Morgan fingerprint density at radius 1 is 1.12 bits per heavy atom. The van der Waals surface area contributed by atoms with Gasteiger partial charge in [-0.25, -0.2) is 14.1 Å². The van der Waals surface area contributed by atoms with Gasteiger partial charge in [0.1, 0.15) is 37.4 Å². The number of ether oxygens (including phenoxy) is 2. The molecule has 3 aromatic rings. The van der Waals surface area contributed by atoms with Crippen LogP contribution in [0.5, 0.6) is 11.5 Å². The van der Waals surface area contributed by atoms with Crippen LogP contribution in [0.4, 0.5) is 4.39 Å². The molecule has 2 aromatic carbocycles. The molecule has 170 valence electrons. The summed E-state index contributed by atoms with van der Waals surface area (Å²) in [5.74, 6) is 0.853. The monoisotopic (exact) mass is 448 g/mol. The van der Waals surface area contributed by atoms with Gasteiger partial charge in [0.15, 0.2) is 11.5 Å². The Hall–Kier alpha value is -3.42. The van der Waals surface area contributed by atoms with E-state index in [9.17, 15) is 9.18 Å². The Morgan fingerprint density at radius 3 is 2.58 bits per heavy atom. The molecule has 1 aromatic heterocycles. The van der Waals surface area contributed by atoms with Crippen molar-refractivity contribution in [3.05, 3.63) is 65.5 Å². The van der Waals surface area contributed by atoms with Crippen molar-refractivity contribution in [2.24, 2.45) is 0 Å². The minimum absolute atomic E-state index is 0.105. The van der Waals surface area contributed by atoms with Crippen LogP contribution in [-0.2, 0) is 5.41 Å². The summed E-state index contributed by atoms with van der Waals surface area (Å²) in [6.45, 7) is 3.72. The summed E-state index contributed by atoms with van der Waals surface area (Å²) in [4.78, 5) is 19.4. The minimum atomic E-state index is -0.508. The molecule has 0 N–H and O–H groups in total. The summed E-state index contributed by atoms with van der Waals surface area (Å²) in [5.41, 5.74) is 2.86. The molecule has 1 saturated carbocycles. The van der Waals surface area contributed by atoms with E-state index in [-0.39, 0.29) is 23.1 Å². The summed E-state index contributed by atoms with van der Waals surface area (Å²) in [7, 11) is 0. The molecule has 1 aliphatic carbocycles. The smallest absolute Gasteiger partial charge is 0.254 e. The van der Waals surface area contributed by atoms with Gasteiger partial charge in [-0.3, -0.25) is 4.79 Å². The van der Waals surface area contributed by atoms with Gasteiger partial charge in [-0.15, -0.1) is 0 Å². The van der Waals surface area contributed by atoms with Gasteiger partial charge in [0.2, 0.25) is 0 Å². The normalized spacial score (nSPS) is 20.7. The molecule has 3 aliphatic rings. The zero-order valence-electron chi connectivity index (χ0n) is 18.5. The fourth-order valence-electron chi connectivity index (χ4n) is 5.68. The standard InChI is InChI=1S/C25H25FN4O3/c1-16-18-11-22-23(33-9-8-32-22)12-19(18)25(6-2-3-7-25)13-29(16)24(31)17-4-5-21(20(26)10-17)30-15-27-14-28-30/h4-5,10-12,14-16H,2-3,6-9,13H2,1H3/t16-/m0/s1. The number of halogens is 1. The van der Waals surface area contributed by atoms with Gasteiger partial charge in [-0.05, 0) is 61.2 Å². The summed E-state index contributed by atoms with van der Waals surface area (Å²) < 4.78 is 27.9. The van der Waals surface area contributed by atoms with Crippen LogP contribution in [0.3, 0.4) is 0 Å². The van der Waals surface area contributed by atoms with Gasteiger partial charge >= 0.3 is 0 Å². The second-order valence-corrected chi connectivity index (χ2v) is 9.19. The van der Waals surface area contributed by atoms with E-state index in [2.05, 4.69) is 16.1 Å². The molecule has 1 spiro atoms. The molecule has 0 bridgehead atoms. The molecule has 0 radical (unpaired) electrons.